The van der Waals surface area contributed by atoms with Crippen LogP contribution in [0.3, 0.4) is 0 Å². The summed E-state index contributed by atoms with van der Waals surface area (Å²) < 4.78 is 2.33. The van der Waals surface area contributed by atoms with Crippen LogP contribution in [0.15, 0.2) is 97.1 Å². The van der Waals surface area contributed by atoms with E-state index in [9.17, 15) is 4.79 Å². The molecule has 9 nitrogen and oxygen atoms in total. The molecule has 0 unspecified atom stereocenters. The van der Waals surface area contributed by atoms with Crippen molar-refractivity contribution in [3.8, 4) is 22.5 Å². The third-order valence-electron chi connectivity index (χ3n) is 8.52. The number of hydrogen-bond donors (Lipinski definition) is 1. The van der Waals surface area contributed by atoms with Crippen molar-refractivity contribution in [3.63, 3.8) is 0 Å². The van der Waals surface area contributed by atoms with Crippen LogP contribution in [0.2, 0.25) is 0 Å². The second-order valence-electron chi connectivity index (χ2n) is 11.6. The van der Waals surface area contributed by atoms with Crippen LogP contribution in [0.5, 0.6) is 0 Å². The van der Waals surface area contributed by atoms with Gasteiger partial charge < -0.3 is 9.47 Å². The number of urea groups is 1. The fourth-order valence-electron chi connectivity index (χ4n) is 6.19. The zero-order valence-corrected chi connectivity index (χ0v) is 25.4. The number of carbonyl (C=O) groups is 1. The largest absolute Gasteiger partial charge is 0.324 e. The SMILES string of the molecule is CCCCc1nc2cc(N3CCCN(Cc4ccccc4)C3=O)ccc2n1Cc1ccc(-c2ccccc2-c2nn[nH]n2)cc1. The van der Waals surface area contributed by atoms with Crippen LogP contribution in [-0.4, -0.2) is 54.2 Å². The van der Waals surface area contributed by atoms with Crippen molar-refractivity contribution in [3.05, 3.63) is 114 Å². The summed E-state index contributed by atoms with van der Waals surface area (Å²) in [6, 6.07) is 33.3. The first-order chi connectivity index (χ1) is 22.2. The van der Waals surface area contributed by atoms with Gasteiger partial charge in [0, 0.05) is 43.9 Å². The molecule has 0 radical (unpaired) electrons. The third kappa shape index (κ3) is 5.93. The standard InChI is InChI=1S/C36H36N8O/c1-2-3-14-34-37-32-23-29(43-22-9-21-42(36(43)45)24-26-10-5-4-6-11-26)19-20-33(32)44(34)25-27-15-17-28(18-16-27)30-12-7-8-13-31(30)35-38-40-41-39-35/h4-8,10-13,15-20,23H,2-3,9,14,21-22,24-25H2,1H3,(H,38,39,40,41). The molecule has 9 heteroatoms. The number of imidazole rings is 1. The number of nitrogens with zero attached hydrogens (tertiary/aromatic N) is 7. The van der Waals surface area contributed by atoms with Crippen LogP contribution in [0.4, 0.5) is 10.5 Å². The van der Waals surface area contributed by atoms with Crippen LogP contribution < -0.4 is 4.90 Å². The minimum Gasteiger partial charge on any atom is -0.323 e. The lowest BCUT2D eigenvalue weighted by atomic mass is 9.98. The van der Waals surface area contributed by atoms with E-state index in [1.165, 1.54) is 5.56 Å². The van der Waals surface area contributed by atoms with E-state index in [0.717, 1.165) is 83.6 Å². The molecule has 45 heavy (non-hydrogen) atoms. The first kappa shape index (κ1) is 28.5. The fourth-order valence-corrected chi connectivity index (χ4v) is 6.19. The lowest BCUT2D eigenvalue weighted by molar-refractivity contribution is 0.192. The third-order valence-corrected chi connectivity index (χ3v) is 8.52. The summed E-state index contributed by atoms with van der Waals surface area (Å²) in [7, 11) is 0. The minimum atomic E-state index is 0.0519. The highest BCUT2D eigenvalue weighted by Gasteiger charge is 2.27. The summed E-state index contributed by atoms with van der Waals surface area (Å²) in [5.41, 5.74) is 8.35. The lowest BCUT2D eigenvalue weighted by Crippen LogP contribution is -2.49. The second-order valence-corrected chi connectivity index (χ2v) is 11.6. The molecule has 0 spiro atoms. The molecule has 3 heterocycles. The Labute approximate surface area is 262 Å². The van der Waals surface area contributed by atoms with Gasteiger partial charge in [0.15, 0.2) is 0 Å². The maximum absolute atomic E-state index is 13.6. The molecule has 1 N–H and O–H groups in total. The van der Waals surface area contributed by atoms with Crippen molar-refractivity contribution in [2.75, 3.05) is 18.0 Å². The molecule has 4 aromatic carbocycles. The van der Waals surface area contributed by atoms with E-state index in [1.807, 2.05) is 46.2 Å². The number of rotatable bonds is 10. The molecule has 1 aliphatic rings. The Morgan fingerprint density at radius 2 is 1.60 bits per heavy atom. The summed E-state index contributed by atoms with van der Waals surface area (Å²) in [6.07, 6.45) is 4.01. The van der Waals surface area contributed by atoms with Gasteiger partial charge in [-0.3, -0.25) is 4.90 Å². The Balaban J connectivity index is 1.15. The van der Waals surface area contributed by atoms with E-state index in [0.29, 0.717) is 18.9 Å². The highest BCUT2D eigenvalue weighted by molar-refractivity contribution is 5.95. The van der Waals surface area contributed by atoms with E-state index in [1.54, 1.807) is 0 Å². The van der Waals surface area contributed by atoms with Gasteiger partial charge in [0.2, 0.25) is 5.82 Å². The number of benzene rings is 4. The van der Waals surface area contributed by atoms with Gasteiger partial charge in [-0.15, -0.1) is 10.2 Å². The number of carbonyl (C=O) groups excluding carboxylic acids is 1. The van der Waals surface area contributed by atoms with Crippen molar-refractivity contribution in [1.29, 1.82) is 0 Å². The van der Waals surface area contributed by atoms with Gasteiger partial charge in [-0.1, -0.05) is 92.2 Å². The normalized spacial score (nSPS) is 13.6. The van der Waals surface area contributed by atoms with Gasteiger partial charge in [-0.25, -0.2) is 9.78 Å². The van der Waals surface area contributed by atoms with Gasteiger partial charge in [-0.2, -0.15) is 5.21 Å². The number of unbranched alkanes of at least 4 members (excludes halogenated alkanes) is 1. The van der Waals surface area contributed by atoms with Gasteiger partial charge in [0.25, 0.3) is 0 Å². The van der Waals surface area contributed by atoms with Crippen LogP contribution in [0.25, 0.3) is 33.5 Å². The summed E-state index contributed by atoms with van der Waals surface area (Å²) in [6.45, 7) is 5.02. The van der Waals surface area contributed by atoms with Crippen molar-refractivity contribution in [2.24, 2.45) is 0 Å². The number of tetrazole rings is 1. The number of hydrogen-bond acceptors (Lipinski definition) is 5. The molecule has 0 atom stereocenters. The average Bonchev–Trinajstić information content (AvgIpc) is 3.74. The molecular weight excluding hydrogens is 560 g/mol. The van der Waals surface area contributed by atoms with E-state index < -0.39 is 0 Å². The Morgan fingerprint density at radius 1 is 0.822 bits per heavy atom. The van der Waals surface area contributed by atoms with Crippen molar-refractivity contribution >= 4 is 22.8 Å². The van der Waals surface area contributed by atoms with Crippen molar-refractivity contribution < 1.29 is 4.79 Å². The van der Waals surface area contributed by atoms with Crippen LogP contribution in [0.1, 0.15) is 43.1 Å². The molecule has 0 aliphatic carbocycles. The van der Waals surface area contributed by atoms with E-state index in [2.05, 4.69) is 92.8 Å². The van der Waals surface area contributed by atoms with Crippen LogP contribution >= 0.6 is 0 Å². The monoisotopic (exact) mass is 596 g/mol. The Kier molecular flexibility index (Phi) is 8.06. The predicted molar refractivity (Wildman–Crippen MR) is 177 cm³/mol. The zero-order chi connectivity index (χ0) is 30.6. The second kappa shape index (κ2) is 12.7. The molecule has 226 valence electrons. The van der Waals surface area contributed by atoms with Gasteiger partial charge in [0.1, 0.15) is 5.82 Å². The van der Waals surface area contributed by atoms with Gasteiger partial charge in [0.05, 0.1) is 11.0 Å². The first-order valence-corrected chi connectivity index (χ1v) is 15.7. The van der Waals surface area contributed by atoms with Gasteiger partial charge >= 0.3 is 6.03 Å². The number of anilines is 1. The molecule has 2 aromatic heterocycles. The van der Waals surface area contributed by atoms with E-state index in [4.69, 9.17) is 4.98 Å². The molecule has 1 fully saturated rings. The first-order valence-electron chi connectivity index (χ1n) is 15.7. The molecule has 0 bridgehead atoms. The molecule has 6 aromatic rings. The summed E-state index contributed by atoms with van der Waals surface area (Å²) in [5.74, 6) is 1.65. The number of nitrogens with one attached hydrogen (secondary N) is 1. The number of aromatic nitrogens is 6. The molecular formula is C36H36N8O. The minimum absolute atomic E-state index is 0.0519. The highest BCUT2D eigenvalue weighted by atomic mass is 16.2. The maximum Gasteiger partial charge on any atom is 0.324 e. The number of aryl methyl sites for hydroxylation is 1. The smallest absolute Gasteiger partial charge is 0.323 e. The topological polar surface area (TPSA) is 95.8 Å². The maximum atomic E-state index is 13.6. The van der Waals surface area contributed by atoms with Crippen LogP contribution in [-0.2, 0) is 19.5 Å². The summed E-state index contributed by atoms with van der Waals surface area (Å²) in [4.78, 5) is 22.5. The Hall–Kier alpha value is -5.31. The summed E-state index contributed by atoms with van der Waals surface area (Å²) >= 11 is 0. The number of amides is 2. The zero-order valence-electron chi connectivity index (χ0n) is 25.4. The highest BCUT2D eigenvalue weighted by Crippen LogP contribution is 2.31. The van der Waals surface area contributed by atoms with Crippen LogP contribution in [0, 0.1) is 0 Å². The number of fused-ring (bicyclic) bond motifs is 1. The average molecular weight is 597 g/mol. The fraction of sp³-hybridized carbons (Fsp3) is 0.250. The molecule has 1 aliphatic heterocycles. The Morgan fingerprint density at radius 3 is 2.38 bits per heavy atom. The Bertz CT molecular complexity index is 1900. The number of H-pyrrole nitrogens is 1. The molecule has 1 saturated heterocycles. The lowest BCUT2D eigenvalue weighted by Gasteiger charge is -2.35. The van der Waals surface area contributed by atoms with Gasteiger partial charge in [-0.05, 0) is 58.5 Å². The van der Waals surface area contributed by atoms with Crippen molar-refractivity contribution in [2.45, 2.75) is 45.7 Å². The molecule has 0 saturated carbocycles. The molecule has 2 amide bonds. The van der Waals surface area contributed by atoms with E-state index in [-0.39, 0.29) is 6.03 Å². The quantitative estimate of drug-likeness (QED) is 0.182. The van der Waals surface area contributed by atoms with E-state index >= 15 is 0 Å². The predicted octanol–water partition coefficient (Wildman–Crippen LogP) is 7.11. The number of aromatic amines is 1. The molecule has 7 rings (SSSR count). The summed E-state index contributed by atoms with van der Waals surface area (Å²) in [5, 5.41) is 14.6. The van der Waals surface area contributed by atoms with Crippen molar-refractivity contribution in [1.82, 2.24) is 35.1 Å².